The van der Waals surface area contributed by atoms with Gasteiger partial charge in [0.05, 0.1) is 13.2 Å². The van der Waals surface area contributed by atoms with E-state index in [0.29, 0.717) is 10.7 Å². The molecule has 0 spiro atoms. The summed E-state index contributed by atoms with van der Waals surface area (Å²) in [7, 11) is 0. The molecule has 1 aliphatic heterocycles. The summed E-state index contributed by atoms with van der Waals surface area (Å²) in [6.07, 6.45) is 5.16. The highest BCUT2D eigenvalue weighted by Crippen LogP contribution is 2.36. The lowest BCUT2D eigenvalue weighted by Gasteiger charge is -2.44. The summed E-state index contributed by atoms with van der Waals surface area (Å²) in [6.45, 7) is 5.60. The van der Waals surface area contributed by atoms with Gasteiger partial charge in [-0.25, -0.2) is 4.79 Å². The van der Waals surface area contributed by atoms with Crippen LogP contribution in [0.1, 0.15) is 72.5 Å². The Morgan fingerprint density at radius 1 is 1.24 bits per heavy atom. The fourth-order valence-electron chi connectivity index (χ4n) is 4.68. The quantitative estimate of drug-likeness (QED) is 0.666. The van der Waals surface area contributed by atoms with E-state index in [9.17, 15) is 14.4 Å². The van der Waals surface area contributed by atoms with Crippen molar-refractivity contribution in [3.63, 3.8) is 0 Å². The van der Waals surface area contributed by atoms with Crippen molar-refractivity contribution in [3.05, 3.63) is 46.2 Å². The maximum Gasteiger partial charge on any atom is 0.358 e. The Balaban J connectivity index is 1.78. The van der Waals surface area contributed by atoms with E-state index in [0.717, 1.165) is 31.2 Å². The summed E-state index contributed by atoms with van der Waals surface area (Å²) in [5.74, 6) is -1.28. The Labute approximate surface area is 198 Å². The number of ether oxygens (including phenoxy) is 1. The normalized spacial score (nSPS) is 21.0. The number of hydrogen-bond acceptors (Lipinski definition) is 5. The summed E-state index contributed by atoms with van der Waals surface area (Å²) in [5, 5.41) is 7.93. The standard InChI is InChI=1S/C24H29ClN4O4/c1-4-33-22(31)18-13-20-21(30)29(19-12-16(25)11-10-15(19)2)24(3,14-28(20)27-18)23(32)26-17-8-6-5-7-9-17/h10-13,17H,4-9,14H2,1-3H3,(H,26,32)/t24-/m1/s1. The number of benzene rings is 1. The van der Waals surface area contributed by atoms with Crippen LogP contribution in [0.3, 0.4) is 0 Å². The molecule has 1 N–H and O–H groups in total. The van der Waals surface area contributed by atoms with Crippen LogP contribution in [-0.4, -0.2) is 45.8 Å². The van der Waals surface area contributed by atoms with E-state index in [2.05, 4.69) is 10.4 Å². The zero-order valence-corrected chi connectivity index (χ0v) is 19.9. The molecule has 2 amide bonds. The first kappa shape index (κ1) is 23.3. The summed E-state index contributed by atoms with van der Waals surface area (Å²) >= 11 is 6.28. The molecule has 2 aliphatic rings. The minimum Gasteiger partial charge on any atom is -0.461 e. The fraction of sp³-hybridized carbons (Fsp3) is 0.500. The van der Waals surface area contributed by atoms with E-state index in [4.69, 9.17) is 16.3 Å². The van der Waals surface area contributed by atoms with Crippen LogP contribution in [0.15, 0.2) is 24.3 Å². The zero-order chi connectivity index (χ0) is 23.8. The summed E-state index contributed by atoms with van der Waals surface area (Å²) in [5.41, 5.74) is 0.358. The molecule has 1 fully saturated rings. The van der Waals surface area contributed by atoms with Gasteiger partial charge in [0, 0.05) is 22.8 Å². The van der Waals surface area contributed by atoms with E-state index < -0.39 is 17.4 Å². The lowest BCUT2D eigenvalue weighted by atomic mass is 9.90. The van der Waals surface area contributed by atoms with E-state index in [-0.39, 0.29) is 36.5 Å². The molecule has 4 rings (SSSR count). The van der Waals surface area contributed by atoms with Crippen molar-refractivity contribution in [3.8, 4) is 0 Å². The van der Waals surface area contributed by atoms with Gasteiger partial charge in [-0.3, -0.25) is 19.2 Å². The minimum atomic E-state index is -1.27. The van der Waals surface area contributed by atoms with Gasteiger partial charge in [0.15, 0.2) is 5.69 Å². The van der Waals surface area contributed by atoms with E-state index >= 15 is 0 Å². The highest BCUT2D eigenvalue weighted by Gasteiger charge is 2.50. The molecular formula is C24H29ClN4O4. The maximum absolute atomic E-state index is 13.8. The number of esters is 1. The predicted octanol–water partition coefficient (Wildman–Crippen LogP) is 3.89. The molecule has 0 radical (unpaired) electrons. The lowest BCUT2D eigenvalue weighted by molar-refractivity contribution is -0.127. The fourth-order valence-corrected chi connectivity index (χ4v) is 4.84. The molecule has 176 valence electrons. The van der Waals surface area contributed by atoms with Gasteiger partial charge in [-0.05, 0) is 51.3 Å². The van der Waals surface area contributed by atoms with Gasteiger partial charge in [0.1, 0.15) is 11.2 Å². The first-order valence-corrected chi connectivity index (χ1v) is 11.8. The number of rotatable bonds is 5. The van der Waals surface area contributed by atoms with Crippen LogP contribution in [0.5, 0.6) is 0 Å². The Morgan fingerprint density at radius 3 is 2.67 bits per heavy atom. The number of carbonyl (C=O) groups excluding carboxylic acids is 3. The number of carbonyl (C=O) groups is 3. The number of fused-ring (bicyclic) bond motifs is 1. The summed E-state index contributed by atoms with van der Waals surface area (Å²) in [4.78, 5) is 41.2. The minimum absolute atomic E-state index is 0.0416. The van der Waals surface area contributed by atoms with Gasteiger partial charge in [0.25, 0.3) is 5.91 Å². The molecule has 1 aliphatic carbocycles. The first-order valence-electron chi connectivity index (χ1n) is 11.4. The molecule has 1 aromatic carbocycles. The summed E-state index contributed by atoms with van der Waals surface area (Å²) in [6, 6.07) is 6.76. The molecule has 0 bridgehead atoms. The molecule has 2 aromatic rings. The average molecular weight is 473 g/mol. The predicted molar refractivity (Wildman–Crippen MR) is 125 cm³/mol. The first-order chi connectivity index (χ1) is 15.7. The average Bonchev–Trinajstić information content (AvgIpc) is 3.21. The molecule has 33 heavy (non-hydrogen) atoms. The van der Waals surface area contributed by atoms with Crippen molar-refractivity contribution in [2.24, 2.45) is 0 Å². The van der Waals surface area contributed by atoms with Crippen molar-refractivity contribution >= 4 is 35.1 Å². The lowest BCUT2D eigenvalue weighted by Crippen LogP contribution is -2.65. The molecule has 1 atom stereocenters. The number of aromatic nitrogens is 2. The Bertz CT molecular complexity index is 1090. The molecule has 0 saturated heterocycles. The number of aryl methyl sites for hydroxylation is 1. The van der Waals surface area contributed by atoms with Crippen molar-refractivity contribution in [2.75, 3.05) is 11.5 Å². The van der Waals surface area contributed by atoms with Gasteiger partial charge < -0.3 is 10.1 Å². The van der Waals surface area contributed by atoms with Crippen LogP contribution in [0.2, 0.25) is 5.02 Å². The molecular weight excluding hydrogens is 444 g/mol. The van der Waals surface area contributed by atoms with Gasteiger partial charge in [-0.15, -0.1) is 0 Å². The van der Waals surface area contributed by atoms with E-state index in [1.165, 1.54) is 22.1 Å². The monoisotopic (exact) mass is 472 g/mol. The topological polar surface area (TPSA) is 93.5 Å². The number of nitrogens with zero attached hydrogens (tertiary/aromatic N) is 3. The molecule has 1 saturated carbocycles. The maximum atomic E-state index is 13.8. The SMILES string of the molecule is CCOC(=O)c1cc2n(n1)C[C@](C)(C(=O)NC1CCCCC1)N(c1cc(Cl)ccc1C)C2=O. The third-order valence-corrected chi connectivity index (χ3v) is 6.71. The number of anilines is 1. The zero-order valence-electron chi connectivity index (χ0n) is 19.2. The largest absolute Gasteiger partial charge is 0.461 e. The van der Waals surface area contributed by atoms with Crippen LogP contribution in [-0.2, 0) is 16.1 Å². The van der Waals surface area contributed by atoms with Crippen molar-refractivity contribution < 1.29 is 19.1 Å². The van der Waals surface area contributed by atoms with Crippen LogP contribution < -0.4 is 10.2 Å². The van der Waals surface area contributed by atoms with Crippen molar-refractivity contribution in [1.29, 1.82) is 0 Å². The van der Waals surface area contributed by atoms with Crippen LogP contribution in [0, 0.1) is 6.92 Å². The van der Waals surface area contributed by atoms with Gasteiger partial charge in [-0.2, -0.15) is 5.10 Å². The molecule has 0 unspecified atom stereocenters. The van der Waals surface area contributed by atoms with Gasteiger partial charge >= 0.3 is 5.97 Å². The van der Waals surface area contributed by atoms with Crippen LogP contribution in [0.4, 0.5) is 5.69 Å². The number of hydrogen-bond donors (Lipinski definition) is 1. The second-order valence-electron chi connectivity index (χ2n) is 8.95. The van der Waals surface area contributed by atoms with Crippen LogP contribution in [0.25, 0.3) is 0 Å². The molecule has 8 nitrogen and oxygen atoms in total. The highest BCUT2D eigenvalue weighted by atomic mass is 35.5. The second kappa shape index (κ2) is 9.17. The Morgan fingerprint density at radius 2 is 1.97 bits per heavy atom. The smallest absolute Gasteiger partial charge is 0.358 e. The molecule has 2 heterocycles. The van der Waals surface area contributed by atoms with Crippen LogP contribution >= 0.6 is 11.6 Å². The number of amides is 2. The van der Waals surface area contributed by atoms with Crippen molar-refractivity contribution in [2.45, 2.75) is 71.0 Å². The Hall–Kier alpha value is -2.87. The van der Waals surface area contributed by atoms with Gasteiger partial charge in [-0.1, -0.05) is 36.9 Å². The third-order valence-electron chi connectivity index (χ3n) is 6.48. The molecule has 1 aromatic heterocycles. The van der Waals surface area contributed by atoms with E-state index in [1.807, 2.05) is 13.0 Å². The second-order valence-corrected chi connectivity index (χ2v) is 9.38. The number of halogens is 1. The third kappa shape index (κ3) is 4.36. The van der Waals surface area contributed by atoms with Gasteiger partial charge in [0.2, 0.25) is 5.91 Å². The number of nitrogens with one attached hydrogen (secondary N) is 1. The Kier molecular flexibility index (Phi) is 6.47. The molecule has 9 heteroatoms. The summed E-state index contributed by atoms with van der Waals surface area (Å²) < 4.78 is 6.49. The van der Waals surface area contributed by atoms with E-state index in [1.54, 1.807) is 26.0 Å². The highest BCUT2D eigenvalue weighted by molar-refractivity contribution is 6.31. The van der Waals surface area contributed by atoms with Crippen molar-refractivity contribution in [1.82, 2.24) is 15.1 Å².